The van der Waals surface area contributed by atoms with Gasteiger partial charge in [-0.15, -0.1) is 0 Å². The van der Waals surface area contributed by atoms with E-state index < -0.39 is 0 Å². The van der Waals surface area contributed by atoms with Crippen LogP contribution in [0.25, 0.3) is 0 Å². The van der Waals surface area contributed by atoms with Crippen LogP contribution in [0.1, 0.15) is 95.7 Å². The van der Waals surface area contributed by atoms with Crippen LogP contribution in [-0.2, 0) is 19.6 Å². The molecule has 0 saturated carbocycles. The molecule has 3 heterocycles. The summed E-state index contributed by atoms with van der Waals surface area (Å²) < 4.78 is 0. The van der Waals surface area contributed by atoms with Gasteiger partial charge in [0, 0.05) is 75.5 Å². The lowest BCUT2D eigenvalue weighted by atomic mass is 9.87. The average molecular weight is 535 g/mol. The average Bonchev–Trinajstić information content (AvgIpc) is 3.56. The largest absolute Gasteiger partial charge is 0.274 e. The zero-order chi connectivity index (χ0) is 28.9. The minimum Gasteiger partial charge on any atom is -0.274 e. The fourth-order valence-corrected chi connectivity index (χ4v) is 5.95. The Morgan fingerprint density at radius 1 is 0.436 bits per heavy atom. The molecule has 3 aliphatic heterocycles. The van der Waals surface area contributed by atoms with Crippen molar-refractivity contribution >= 4 is 0 Å². The van der Waals surface area contributed by atoms with Gasteiger partial charge in [0.25, 0.3) is 0 Å². The molecule has 6 heteroatoms. The van der Waals surface area contributed by atoms with Gasteiger partial charge >= 0.3 is 0 Å². The fraction of sp³-hybridized carbons (Fsp3) is 0.727. The number of hydrogen-bond donors (Lipinski definition) is 0. The van der Waals surface area contributed by atoms with E-state index in [9.17, 15) is 0 Å². The smallest absolute Gasteiger partial charge is 0.147 e. The highest BCUT2D eigenvalue weighted by atomic mass is 15.4. The van der Waals surface area contributed by atoms with E-state index in [2.05, 4.69) is 132 Å². The Kier molecular flexibility index (Phi) is 8.99. The number of nitrogens with zero attached hydrogens (tertiary/aromatic N) is 6. The highest BCUT2D eigenvalue weighted by Crippen LogP contribution is 2.34. The molecule has 1 aromatic carbocycles. The maximum absolute atomic E-state index is 3.69. The molecule has 3 aliphatic rings. The molecule has 0 atom stereocenters. The zero-order valence-corrected chi connectivity index (χ0v) is 27.0. The van der Waals surface area contributed by atoms with E-state index in [1.807, 2.05) is 0 Å². The van der Waals surface area contributed by atoms with Gasteiger partial charge in [-0.25, -0.2) is 0 Å². The van der Waals surface area contributed by atoms with Gasteiger partial charge in [-0.05, 0) is 116 Å². The van der Waals surface area contributed by atoms with Crippen molar-refractivity contribution in [3.05, 3.63) is 53.4 Å². The van der Waals surface area contributed by atoms with E-state index >= 15 is 0 Å². The molecular formula is C33H54N6. The van der Waals surface area contributed by atoms with Gasteiger partial charge in [0.15, 0.2) is 0 Å². The first-order valence-electron chi connectivity index (χ1n) is 14.9. The first kappa shape index (κ1) is 30.9. The minimum absolute atomic E-state index is 0.100. The summed E-state index contributed by atoms with van der Waals surface area (Å²) >= 11 is 0. The van der Waals surface area contributed by atoms with Gasteiger partial charge in [-0.1, -0.05) is 0 Å². The Labute approximate surface area is 241 Å². The van der Waals surface area contributed by atoms with Crippen LogP contribution >= 0.6 is 0 Å². The molecule has 6 nitrogen and oxygen atoms in total. The highest BCUT2D eigenvalue weighted by molar-refractivity contribution is 5.51. The molecule has 4 rings (SSSR count). The lowest BCUT2D eigenvalue weighted by Crippen LogP contribution is -2.37. The van der Waals surface area contributed by atoms with E-state index in [0.29, 0.717) is 0 Å². The van der Waals surface area contributed by atoms with Gasteiger partial charge in [0.05, 0.1) is 0 Å². The summed E-state index contributed by atoms with van der Waals surface area (Å²) in [7, 11) is 0. The molecule has 3 saturated heterocycles. The molecule has 0 bridgehead atoms. The third kappa shape index (κ3) is 7.07. The van der Waals surface area contributed by atoms with Crippen LogP contribution in [-0.4, -0.2) is 85.3 Å². The number of hydrogen-bond acceptors (Lipinski definition) is 6. The molecule has 6 radical (unpaired) electrons. The second-order valence-electron chi connectivity index (χ2n) is 14.8. The maximum Gasteiger partial charge on any atom is 0.147 e. The van der Waals surface area contributed by atoms with E-state index in [4.69, 9.17) is 0 Å². The van der Waals surface area contributed by atoms with Crippen LogP contribution in [0.2, 0.25) is 0 Å². The van der Waals surface area contributed by atoms with E-state index in [-0.39, 0.29) is 16.6 Å². The first-order valence-corrected chi connectivity index (χ1v) is 14.9. The second-order valence-corrected chi connectivity index (χ2v) is 14.8. The van der Waals surface area contributed by atoms with Crippen molar-refractivity contribution < 1.29 is 0 Å². The van der Waals surface area contributed by atoms with E-state index in [0.717, 1.165) is 58.9 Å². The molecular weight excluding hydrogens is 480 g/mol. The molecule has 39 heavy (non-hydrogen) atoms. The molecule has 0 aromatic heterocycles. The Balaban J connectivity index is 1.63. The van der Waals surface area contributed by atoms with Gasteiger partial charge in [-0.2, -0.15) is 0 Å². The van der Waals surface area contributed by atoms with Crippen molar-refractivity contribution in [2.75, 3.05) is 39.3 Å². The normalized spacial score (nSPS) is 22.2. The summed E-state index contributed by atoms with van der Waals surface area (Å²) in [6.45, 7) is 47.5. The lowest BCUT2D eigenvalue weighted by molar-refractivity contribution is 0.188. The molecule has 0 N–H and O–H groups in total. The Morgan fingerprint density at radius 3 is 0.846 bits per heavy atom. The topological polar surface area (TPSA) is 19.4 Å². The Hall–Kier alpha value is -1.02. The number of benzene rings is 1. The van der Waals surface area contributed by atoms with Crippen molar-refractivity contribution in [1.82, 2.24) is 29.4 Å². The van der Waals surface area contributed by atoms with Crippen molar-refractivity contribution in [2.24, 2.45) is 0 Å². The SMILES string of the molecule is Cc1c(CN2[C]N(C(C)(C)C)CC2)c(C)c(CN2[C]N(C(C)(C)C)CC2)c(C)c1CN1[C]N(C(C)(C)C)CC1. The van der Waals surface area contributed by atoms with Crippen molar-refractivity contribution in [2.45, 2.75) is 119 Å². The predicted molar refractivity (Wildman–Crippen MR) is 161 cm³/mol. The highest BCUT2D eigenvalue weighted by Gasteiger charge is 2.34. The Bertz CT molecular complexity index is 861. The minimum atomic E-state index is 0.100. The summed E-state index contributed by atoms with van der Waals surface area (Å²) in [5, 5.41) is 0. The molecule has 0 amide bonds. The lowest BCUT2D eigenvalue weighted by Gasteiger charge is -2.32. The fourth-order valence-electron chi connectivity index (χ4n) is 5.95. The molecule has 0 spiro atoms. The zero-order valence-electron chi connectivity index (χ0n) is 27.0. The molecule has 216 valence electrons. The van der Waals surface area contributed by atoms with Crippen molar-refractivity contribution in [1.29, 1.82) is 0 Å². The Morgan fingerprint density at radius 2 is 0.667 bits per heavy atom. The van der Waals surface area contributed by atoms with E-state index in [1.54, 1.807) is 0 Å². The van der Waals surface area contributed by atoms with Gasteiger partial charge in [0.1, 0.15) is 20.0 Å². The summed E-state index contributed by atoms with van der Waals surface area (Å²) in [4.78, 5) is 14.3. The summed E-state index contributed by atoms with van der Waals surface area (Å²) in [6.07, 6.45) is 0. The maximum atomic E-state index is 3.69. The summed E-state index contributed by atoms with van der Waals surface area (Å²) in [5.74, 6) is 0. The molecule has 3 fully saturated rings. The molecule has 0 unspecified atom stereocenters. The van der Waals surface area contributed by atoms with Crippen LogP contribution in [0.5, 0.6) is 0 Å². The van der Waals surface area contributed by atoms with Gasteiger partial charge in [-0.3, -0.25) is 29.4 Å². The standard InChI is InChI=1S/C33H54N6/c1-25-28(19-34-13-16-37(22-34)31(4,5)6)26(2)30(21-36-15-18-39(24-36)33(10,11)12)27(3)29(25)20-35-14-17-38(23-35)32(7,8)9/h13-21H2,1-12H3. The molecule has 0 aliphatic carbocycles. The molecule has 1 aromatic rings. The second kappa shape index (κ2) is 11.3. The van der Waals surface area contributed by atoms with Crippen LogP contribution in [0.4, 0.5) is 0 Å². The van der Waals surface area contributed by atoms with Crippen LogP contribution < -0.4 is 0 Å². The summed E-state index contributed by atoms with van der Waals surface area (Å²) in [5.41, 5.74) is 9.01. The first-order chi connectivity index (χ1) is 17.9. The predicted octanol–water partition coefficient (Wildman–Crippen LogP) is 5.35. The van der Waals surface area contributed by atoms with Crippen LogP contribution in [0.15, 0.2) is 0 Å². The van der Waals surface area contributed by atoms with Crippen molar-refractivity contribution in [3.8, 4) is 0 Å². The summed E-state index contributed by atoms with van der Waals surface area (Å²) in [6, 6.07) is 0. The third-order valence-corrected chi connectivity index (χ3v) is 8.76. The van der Waals surface area contributed by atoms with Crippen LogP contribution in [0.3, 0.4) is 0 Å². The van der Waals surface area contributed by atoms with Crippen LogP contribution in [0, 0.1) is 40.8 Å². The monoisotopic (exact) mass is 534 g/mol. The van der Waals surface area contributed by atoms with Gasteiger partial charge < -0.3 is 0 Å². The third-order valence-electron chi connectivity index (χ3n) is 8.76. The van der Waals surface area contributed by atoms with Gasteiger partial charge in [0.2, 0.25) is 0 Å². The van der Waals surface area contributed by atoms with E-state index in [1.165, 1.54) is 33.4 Å². The number of rotatable bonds is 6. The van der Waals surface area contributed by atoms with Crippen molar-refractivity contribution in [3.63, 3.8) is 0 Å². The quantitative estimate of drug-likeness (QED) is 0.487.